The maximum Gasteiger partial charge on any atom is 0.273 e. The Bertz CT molecular complexity index is 816. The van der Waals surface area contributed by atoms with Gasteiger partial charge in [0.1, 0.15) is 11.5 Å². The van der Waals surface area contributed by atoms with Crippen molar-refractivity contribution < 1.29 is 23.5 Å². The van der Waals surface area contributed by atoms with Gasteiger partial charge in [0, 0.05) is 16.9 Å². The number of nitrogens with one attached hydrogen (secondary N) is 2. The van der Waals surface area contributed by atoms with Gasteiger partial charge in [-0.1, -0.05) is 0 Å². The maximum absolute atomic E-state index is 11.9. The summed E-state index contributed by atoms with van der Waals surface area (Å²) in [5.74, 6) is 0.950. The van der Waals surface area contributed by atoms with Crippen molar-refractivity contribution in [2.45, 2.75) is 19.6 Å². The Kier molecular flexibility index (Phi) is 6.85. The van der Waals surface area contributed by atoms with Crippen LogP contribution in [0.4, 0.5) is 0 Å². The number of amides is 2. The highest BCUT2D eigenvalue weighted by molar-refractivity contribution is 7.99. The van der Waals surface area contributed by atoms with Gasteiger partial charge < -0.3 is 9.15 Å². The van der Waals surface area contributed by atoms with Crippen molar-refractivity contribution in [1.29, 1.82) is 0 Å². The van der Waals surface area contributed by atoms with Gasteiger partial charge >= 0.3 is 0 Å². The van der Waals surface area contributed by atoms with Crippen molar-refractivity contribution in [3.05, 3.63) is 53.0 Å². The fourth-order valence-corrected chi connectivity index (χ4v) is 3.02. The van der Waals surface area contributed by atoms with E-state index in [-0.39, 0.29) is 17.4 Å². The smallest absolute Gasteiger partial charge is 0.273 e. The minimum atomic E-state index is -0.439. The van der Waals surface area contributed by atoms with Crippen LogP contribution in [0, 0.1) is 6.92 Å². The number of aryl methyl sites for hydroxylation is 1. The largest absolute Gasteiger partial charge is 0.496 e. The van der Waals surface area contributed by atoms with Crippen LogP contribution in [0.1, 0.15) is 39.0 Å². The quantitative estimate of drug-likeness (QED) is 0.569. The first-order valence-corrected chi connectivity index (χ1v) is 8.96. The summed E-state index contributed by atoms with van der Waals surface area (Å²) in [5.41, 5.74) is 6.48. The molecule has 2 aromatic rings. The number of benzene rings is 1. The van der Waals surface area contributed by atoms with Crippen LogP contribution in [0.25, 0.3) is 0 Å². The molecule has 138 valence electrons. The maximum atomic E-state index is 11.9. The summed E-state index contributed by atoms with van der Waals surface area (Å²) >= 11 is 1.34. The molecule has 1 heterocycles. The molecule has 2 rings (SSSR count). The summed E-state index contributed by atoms with van der Waals surface area (Å²) in [4.78, 5) is 35.2. The lowest BCUT2D eigenvalue weighted by molar-refractivity contribution is -0.119. The Morgan fingerprint density at radius 2 is 1.96 bits per heavy atom. The van der Waals surface area contributed by atoms with E-state index in [0.29, 0.717) is 28.4 Å². The highest BCUT2D eigenvalue weighted by atomic mass is 32.2. The van der Waals surface area contributed by atoms with E-state index in [1.54, 1.807) is 32.2 Å². The predicted molar refractivity (Wildman–Crippen MR) is 98.2 cm³/mol. The molecule has 8 heteroatoms. The molecule has 26 heavy (non-hydrogen) atoms. The summed E-state index contributed by atoms with van der Waals surface area (Å²) < 4.78 is 10.3. The van der Waals surface area contributed by atoms with Crippen molar-refractivity contribution in [3.63, 3.8) is 0 Å². The molecular weight excluding hydrogens is 356 g/mol. The number of Topliss-reactive ketones (excluding diaryl/α,β-unsaturated/α-hetero) is 1. The van der Waals surface area contributed by atoms with Crippen LogP contribution in [-0.2, 0) is 10.5 Å². The molecule has 0 aliphatic heterocycles. The average molecular weight is 376 g/mol. The van der Waals surface area contributed by atoms with E-state index in [0.717, 1.165) is 5.56 Å². The van der Waals surface area contributed by atoms with Crippen LogP contribution in [0.15, 0.2) is 34.9 Å². The predicted octanol–water partition coefficient (Wildman–Crippen LogP) is 2.49. The Balaban J connectivity index is 1.83. The van der Waals surface area contributed by atoms with Gasteiger partial charge in [-0.2, -0.15) is 0 Å². The van der Waals surface area contributed by atoms with Crippen LogP contribution in [0.5, 0.6) is 5.75 Å². The first kappa shape index (κ1) is 19.6. The summed E-state index contributed by atoms with van der Waals surface area (Å²) in [7, 11) is 1.55. The third-order valence-electron chi connectivity index (χ3n) is 3.60. The van der Waals surface area contributed by atoms with E-state index >= 15 is 0 Å². The monoisotopic (exact) mass is 376 g/mol. The second-order valence-corrected chi connectivity index (χ2v) is 6.45. The molecule has 0 atom stereocenters. The van der Waals surface area contributed by atoms with Gasteiger partial charge in [-0.05, 0) is 38.1 Å². The number of rotatable bonds is 7. The first-order chi connectivity index (χ1) is 12.4. The van der Waals surface area contributed by atoms with E-state index in [9.17, 15) is 14.4 Å². The summed E-state index contributed by atoms with van der Waals surface area (Å²) in [6, 6.07) is 6.73. The van der Waals surface area contributed by atoms with E-state index < -0.39 is 5.91 Å². The number of ether oxygens (including phenoxy) is 1. The molecule has 0 saturated heterocycles. The molecule has 0 aliphatic carbocycles. The van der Waals surface area contributed by atoms with Crippen molar-refractivity contribution in [2.75, 3.05) is 12.9 Å². The highest BCUT2D eigenvalue weighted by Gasteiger charge is 2.13. The summed E-state index contributed by atoms with van der Waals surface area (Å²) in [5, 5.41) is 0. The van der Waals surface area contributed by atoms with Crippen LogP contribution in [0.3, 0.4) is 0 Å². The Morgan fingerprint density at radius 3 is 2.58 bits per heavy atom. The lowest BCUT2D eigenvalue weighted by atomic mass is 10.1. The molecule has 2 amide bonds. The minimum absolute atomic E-state index is 0.0334. The molecule has 7 nitrogen and oxygen atoms in total. The van der Waals surface area contributed by atoms with Gasteiger partial charge in [-0.3, -0.25) is 25.2 Å². The first-order valence-electron chi connectivity index (χ1n) is 7.81. The van der Waals surface area contributed by atoms with E-state index in [2.05, 4.69) is 10.9 Å². The van der Waals surface area contributed by atoms with Crippen LogP contribution in [-0.4, -0.2) is 30.5 Å². The second-order valence-electron chi connectivity index (χ2n) is 5.47. The Morgan fingerprint density at radius 1 is 1.19 bits per heavy atom. The van der Waals surface area contributed by atoms with Gasteiger partial charge in [0.25, 0.3) is 5.91 Å². The minimum Gasteiger partial charge on any atom is -0.496 e. The normalized spacial score (nSPS) is 10.3. The molecule has 0 unspecified atom stereocenters. The fraction of sp³-hybridized carbons (Fsp3) is 0.278. The lowest BCUT2D eigenvalue weighted by Gasteiger charge is -2.10. The number of hydrogen-bond acceptors (Lipinski definition) is 6. The topological polar surface area (TPSA) is 97.6 Å². The standard InChI is InChI=1S/C18H20N2O5S/c1-11(21)13-4-5-16(24-3)14(8-13)9-26-10-17(22)19-20-18(23)15-6-7-25-12(15)2/h4-8H,9-10H2,1-3H3,(H,19,22)(H,20,23). The molecule has 0 radical (unpaired) electrons. The van der Waals surface area contributed by atoms with E-state index in [4.69, 9.17) is 9.15 Å². The number of thioether (sulfide) groups is 1. The second kappa shape index (κ2) is 9.10. The van der Waals surface area contributed by atoms with Gasteiger partial charge in [0.2, 0.25) is 5.91 Å². The molecule has 0 spiro atoms. The molecule has 0 aliphatic rings. The zero-order valence-corrected chi connectivity index (χ0v) is 15.6. The number of hydrogen-bond donors (Lipinski definition) is 2. The number of methoxy groups -OCH3 is 1. The fourth-order valence-electron chi connectivity index (χ4n) is 2.21. The number of hydrazine groups is 1. The van der Waals surface area contributed by atoms with Gasteiger partial charge in [-0.25, -0.2) is 0 Å². The molecule has 1 aromatic heterocycles. The number of furan rings is 1. The van der Waals surface area contributed by atoms with Crippen LogP contribution < -0.4 is 15.6 Å². The van der Waals surface area contributed by atoms with Gasteiger partial charge in [0.15, 0.2) is 5.78 Å². The van der Waals surface area contributed by atoms with E-state index in [1.165, 1.54) is 31.0 Å². The zero-order valence-electron chi connectivity index (χ0n) is 14.8. The zero-order chi connectivity index (χ0) is 19.1. The Labute approximate surface area is 155 Å². The van der Waals surface area contributed by atoms with Crippen LogP contribution >= 0.6 is 11.8 Å². The molecule has 0 fully saturated rings. The van der Waals surface area contributed by atoms with E-state index in [1.807, 2.05) is 0 Å². The number of carbonyl (C=O) groups is 3. The molecule has 2 N–H and O–H groups in total. The molecular formula is C18H20N2O5S. The molecule has 0 saturated carbocycles. The molecule has 0 bridgehead atoms. The van der Waals surface area contributed by atoms with Crippen molar-refractivity contribution in [2.24, 2.45) is 0 Å². The summed E-state index contributed by atoms with van der Waals surface area (Å²) in [6.07, 6.45) is 1.41. The third-order valence-corrected chi connectivity index (χ3v) is 4.58. The molecule has 1 aromatic carbocycles. The lowest BCUT2D eigenvalue weighted by Crippen LogP contribution is -2.42. The number of ketones is 1. The SMILES string of the molecule is COc1ccc(C(C)=O)cc1CSCC(=O)NNC(=O)c1ccoc1C. The third kappa shape index (κ3) is 5.13. The Hall–Kier alpha value is -2.74. The van der Waals surface area contributed by atoms with Crippen molar-refractivity contribution >= 4 is 29.4 Å². The van der Waals surface area contributed by atoms with Gasteiger partial charge in [-0.15, -0.1) is 11.8 Å². The van der Waals surface area contributed by atoms with Crippen molar-refractivity contribution in [1.82, 2.24) is 10.9 Å². The van der Waals surface area contributed by atoms with Crippen molar-refractivity contribution in [3.8, 4) is 5.75 Å². The van der Waals surface area contributed by atoms with Gasteiger partial charge in [0.05, 0.1) is 24.7 Å². The summed E-state index contributed by atoms with van der Waals surface area (Å²) in [6.45, 7) is 3.16. The number of carbonyl (C=O) groups excluding carboxylic acids is 3. The van der Waals surface area contributed by atoms with Crippen LogP contribution in [0.2, 0.25) is 0 Å². The average Bonchev–Trinajstić information content (AvgIpc) is 3.05. The highest BCUT2D eigenvalue weighted by Crippen LogP contribution is 2.24.